The molecule has 0 amide bonds. The van der Waals surface area contributed by atoms with Crippen LogP contribution in [-0.4, -0.2) is 11.8 Å². The van der Waals surface area contributed by atoms with E-state index in [4.69, 9.17) is 0 Å². The zero-order chi connectivity index (χ0) is 10.7. The largest absolute Gasteiger partial charge is 0.456 e. The highest BCUT2D eigenvalue weighted by Crippen LogP contribution is 2.31. The van der Waals surface area contributed by atoms with Gasteiger partial charge in [0.2, 0.25) is 12.6 Å². The highest BCUT2D eigenvalue weighted by molar-refractivity contribution is 5.54. The van der Waals surface area contributed by atoms with Gasteiger partial charge in [-0.05, 0) is 31.5 Å². The number of nitrogens with zero attached hydrogens (tertiary/aromatic N) is 1. The van der Waals surface area contributed by atoms with Gasteiger partial charge in [0.1, 0.15) is 0 Å². The number of rotatable bonds is 3. The number of aryl methyl sites for hydroxylation is 2. The lowest BCUT2D eigenvalue weighted by Gasteiger charge is -2.05. The summed E-state index contributed by atoms with van der Waals surface area (Å²) in [4.78, 5) is 10.1. The number of halogens is 1. The number of nitro groups is 1. The maximum absolute atomic E-state index is 11.9. The van der Waals surface area contributed by atoms with Crippen molar-refractivity contribution in [2.75, 3.05) is 6.86 Å². The topological polar surface area (TPSA) is 52.4 Å². The Morgan fingerprint density at radius 3 is 2.64 bits per heavy atom. The van der Waals surface area contributed by atoms with Gasteiger partial charge < -0.3 is 4.74 Å². The van der Waals surface area contributed by atoms with E-state index in [-0.39, 0.29) is 11.4 Å². The smallest absolute Gasteiger partial charge is 0.313 e. The predicted molar refractivity (Wildman–Crippen MR) is 49.2 cm³/mol. The molecule has 0 unspecified atom stereocenters. The summed E-state index contributed by atoms with van der Waals surface area (Å²) in [6, 6.07) is 3.11. The van der Waals surface area contributed by atoms with Crippen LogP contribution in [-0.2, 0) is 0 Å². The van der Waals surface area contributed by atoms with Crippen LogP contribution in [0.4, 0.5) is 10.1 Å². The van der Waals surface area contributed by atoms with Crippen LogP contribution in [0, 0.1) is 24.0 Å². The van der Waals surface area contributed by atoms with Gasteiger partial charge in [-0.3, -0.25) is 10.1 Å². The van der Waals surface area contributed by atoms with Crippen molar-refractivity contribution < 1.29 is 14.1 Å². The monoisotopic (exact) mass is 199 g/mol. The van der Waals surface area contributed by atoms with Crippen LogP contribution >= 0.6 is 0 Å². The van der Waals surface area contributed by atoms with Gasteiger partial charge in [-0.2, -0.15) is 0 Å². The van der Waals surface area contributed by atoms with Crippen molar-refractivity contribution >= 4 is 5.69 Å². The third kappa shape index (κ3) is 1.99. The summed E-state index contributed by atoms with van der Waals surface area (Å²) >= 11 is 0. The number of hydrogen-bond donors (Lipinski definition) is 0. The molecule has 0 aliphatic carbocycles. The maximum atomic E-state index is 11.9. The molecule has 0 spiro atoms. The second-order valence-corrected chi connectivity index (χ2v) is 2.94. The molecule has 4 nitrogen and oxygen atoms in total. The van der Waals surface area contributed by atoms with Crippen molar-refractivity contribution in [3.05, 3.63) is 33.4 Å². The molecule has 1 aromatic carbocycles. The van der Waals surface area contributed by atoms with Crippen LogP contribution in [0.25, 0.3) is 0 Å². The Balaban J connectivity index is 3.28. The second kappa shape index (κ2) is 4.04. The molecule has 0 aromatic heterocycles. The molecule has 76 valence electrons. The molecule has 0 atom stereocenters. The molecule has 0 aliphatic rings. The minimum absolute atomic E-state index is 0.0185. The van der Waals surface area contributed by atoms with Gasteiger partial charge in [-0.15, -0.1) is 0 Å². The molecule has 0 saturated heterocycles. The van der Waals surface area contributed by atoms with Gasteiger partial charge in [0.25, 0.3) is 0 Å². The first-order valence-electron chi connectivity index (χ1n) is 4.00. The summed E-state index contributed by atoms with van der Waals surface area (Å²) < 4.78 is 16.5. The van der Waals surface area contributed by atoms with Crippen LogP contribution in [0.15, 0.2) is 12.1 Å². The van der Waals surface area contributed by atoms with Crippen molar-refractivity contribution in [3.8, 4) is 5.75 Å². The molecular formula is C9H10FNO3. The fraction of sp³-hybridized carbons (Fsp3) is 0.333. The maximum Gasteiger partial charge on any atom is 0.313 e. The van der Waals surface area contributed by atoms with Gasteiger partial charge in [-0.25, -0.2) is 4.39 Å². The molecular weight excluding hydrogens is 189 g/mol. The Kier molecular flexibility index (Phi) is 3.01. The van der Waals surface area contributed by atoms with Gasteiger partial charge in [0.15, 0.2) is 0 Å². The molecule has 0 fully saturated rings. The van der Waals surface area contributed by atoms with E-state index < -0.39 is 11.8 Å². The van der Waals surface area contributed by atoms with Crippen molar-refractivity contribution in [2.45, 2.75) is 13.8 Å². The van der Waals surface area contributed by atoms with E-state index in [1.807, 2.05) is 0 Å². The first-order chi connectivity index (χ1) is 6.56. The van der Waals surface area contributed by atoms with Crippen molar-refractivity contribution in [3.63, 3.8) is 0 Å². The predicted octanol–water partition coefficient (Wildman–Crippen LogP) is 2.52. The summed E-state index contributed by atoms with van der Waals surface area (Å²) in [5.41, 5.74) is 1.10. The third-order valence-electron chi connectivity index (χ3n) is 1.80. The van der Waals surface area contributed by atoms with E-state index in [0.717, 1.165) is 5.56 Å². The van der Waals surface area contributed by atoms with E-state index in [9.17, 15) is 14.5 Å². The van der Waals surface area contributed by atoms with Gasteiger partial charge in [-0.1, -0.05) is 0 Å². The Morgan fingerprint density at radius 2 is 2.14 bits per heavy atom. The van der Waals surface area contributed by atoms with E-state index in [1.54, 1.807) is 19.9 Å². The fourth-order valence-electron chi connectivity index (χ4n) is 1.32. The number of hydrogen-bond acceptors (Lipinski definition) is 3. The summed E-state index contributed by atoms with van der Waals surface area (Å²) in [5.74, 6) is -0.0185. The van der Waals surface area contributed by atoms with Crippen LogP contribution in [0.5, 0.6) is 5.75 Å². The molecule has 0 aliphatic heterocycles. The molecule has 0 heterocycles. The first-order valence-corrected chi connectivity index (χ1v) is 4.00. The first kappa shape index (κ1) is 10.4. The van der Waals surface area contributed by atoms with E-state index >= 15 is 0 Å². The summed E-state index contributed by atoms with van der Waals surface area (Å²) in [7, 11) is 0. The van der Waals surface area contributed by atoms with Gasteiger partial charge >= 0.3 is 5.69 Å². The van der Waals surface area contributed by atoms with Crippen molar-refractivity contribution in [1.29, 1.82) is 0 Å². The molecule has 1 rings (SSSR count). The summed E-state index contributed by atoms with van der Waals surface area (Å²) in [6.45, 7) is 2.29. The Labute approximate surface area is 80.5 Å². The quantitative estimate of drug-likeness (QED) is 0.555. The highest BCUT2D eigenvalue weighted by atomic mass is 19.1. The van der Waals surface area contributed by atoms with Gasteiger partial charge in [0, 0.05) is 5.56 Å². The molecule has 0 saturated carbocycles. The van der Waals surface area contributed by atoms with Gasteiger partial charge in [0.05, 0.1) is 4.92 Å². The molecule has 0 radical (unpaired) electrons. The molecule has 5 heteroatoms. The van der Waals surface area contributed by atoms with Crippen LogP contribution < -0.4 is 4.74 Å². The van der Waals surface area contributed by atoms with Crippen LogP contribution in [0.2, 0.25) is 0 Å². The van der Waals surface area contributed by atoms with Crippen LogP contribution in [0.3, 0.4) is 0 Å². The number of alkyl halides is 1. The van der Waals surface area contributed by atoms with Crippen molar-refractivity contribution in [2.24, 2.45) is 0 Å². The molecule has 14 heavy (non-hydrogen) atoms. The normalized spacial score (nSPS) is 9.93. The SMILES string of the molecule is Cc1cc(C)c([N+](=O)[O-])c(OCF)c1. The lowest BCUT2D eigenvalue weighted by molar-refractivity contribution is -0.386. The number of benzene rings is 1. The molecule has 0 N–H and O–H groups in total. The van der Waals surface area contributed by atoms with Crippen molar-refractivity contribution in [1.82, 2.24) is 0 Å². The number of nitro benzene ring substituents is 1. The Hall–Kier alpha value is -1.65. The standard InChI is InChI=1S/C9H10FNO3/c1-6-3-7(2)9(11(12)13)8(4-6)14-5-10/h3-4H,5H2,1-2H3. The summed E-state index contributed by atoms with van der Waals surface area (Å²) in [5, 5.41) is 10.6. The highest BCUT2D eigenvalue weighted by Gasteiger charge is 2.19. The molecule has 0 bridgehead atoms. The zero-order valence-electron chi connectivity index (χ0n) is 7.91. The summed E-state index contributed by atoms with van der Waals surface area (Å²) in [6.07, 6.45) is 0. The fourth-order valence-corrected chi connectivity index (χ4v) is 1.32. The van der Waals surface area contributed by atoms with Crippen LogP contribution in [0.1, 0.15) is 11.1 Å². The van der Waals surface area contributed by atoms with E-state index in [1.165, 1.54) is 6.07 Å². The zero-order valence-corrected chi connectivity index (χ0v) is 7.91. The van der Waals surface area contributed by atoms with E-state index in [2.05, 4.69) is 4.74 Å². The lowest BCUT2D eigenvalue weighted by atomic mass is 10.1. The number of ether oxygens (including phenoxy) is 1. The minimum atomic E-state index is -1.07. The Morgan fingerprint density at radius 1 is 1.50 bits per heavy atom. The molecule has 1 aromatic rings. The second-order valence-electron chi connectivity index (χ2n) is 2.94. The van der Waals surface area contributed by atoms with E-state index in [0.29, 0.717) is 5.56 Å². The minimum Gasteiger partial charge on any atom is -0.456 e. The third-order valence-corrected chi connectivity index (χ3v) is 1.80. The Bertz CT molecular complexity index is 365. The lowest BCUT2D eigenvalue weighted by Crippen LogP contribution is -1.99. The average Bonchev–Trinajstić information content (AvgIpc) is 2.01. The average molecular weight is 199 g/mol.